The van der Waals surface area contributed by atoms with Gasteiger partial charge in [0.1, 0.15) is 0 Å². The molecule has 19 heavy (non-hydrogen) atoms. The Morgan fingerprint density at radius 2 is 1.26 bits per heavy atom. The van der Waals surface area contributed by atoms with Gasteiger partial charge in [-0.15, -0.1) is 0 Å². The molecule has 0 radical (unpaired) electrons. The summed E-state index contributed by atoms with van der Waals surface area (Å²) in [7, 11) is -0.120. The SMILES string of the molecule is Cc1ccc(C=C(c2ccc(C)cc2)P(C)C)cc1. The topological polar surface area (TPSA) is 0 Å². The Morgan fingerprint density at radius 1 is 0.789 bits per heavy atom. The Bertz CT molecular complexity index is 560. The molecule has 0 aliphatic carbocycles. The van der Waals surface area contributed by atoms with Gasteiger partial charge in [-0.3, -0.25) is 0 Å². The van der Waals surface area contributed by atoms with Crippen molar-refractivity contribution in [2.45, 2.75) is 13.8 Å². The summed E-state index contributed by atoms with van der Waals surface area (Å²) in [4.78, 5) is 0. The first-order valence-corrected chi connectivity index (χ1v) is 8.82. The van der Waals surface area contributed by atoms with Crippen molar-refractivity contribution in [2.24, 2.45) is 0 Å². The van der Waals surface area contributed by atoms with Gasteiger partial charge in [-0.2, -0.15) is 0 Å². The van der Waals surface area contributed by atoms with E-state index in [0.717, 1.165) is 0 Å². The summed E-state index contributed by atoms with van der Waals surface area (Å²) in [5.41, 5.74) is 5.26. The van der Waals surface area contributed by atoms with Crippen molar-refractivity contribution in [3.8, 4) is 0 Å². The molecule has 2 aromatic rings. The van der Waals surface area contributed by atoms with Crippen molar-refractivity contribution in [3.05, 3.63) is 70.8 Å². The molecule has 0 fully saturated rings. The second-order valence-electron chi connectivity index (χ2n) is 5.20. The Morgan fingerprint density at radius 3 is 1.74 bits per heavy atom. The monoisotopic (exact) mass is 268 g/mol. The minimum Gasteiger partial charge on any atom is -0.0810 e. The Kier molecular flexibility index (Phi) is 4.56. The fourth-order valence-electron chi connectivity index (χ4n) is 2.02. The molecular weight excluding hydrogens is 247 g/mol. The first-order valence-electron chi connectivity index (χ1n) is 6.59. The van der Waals surface area contributed by atoms with Crippen LogP contribution in [-0.2, 0) is 0 Å². The van der Waals surface area contributed by atoms with Crippen molar-refractivity contribution in [1.29, 1.82) is 0 Å². The number of hydrogen-bond acceptors (Lipinski definition) is 0. The maximum absolute atomic E-state index is 2.33. The molecule has 0 heterocycles. The van der Waals surface area contributed by atoms with E-state index in [0.29, 0.717) is 0 Å². The summed E-state index contributed by atoms with van der Waals surface area (Å²) < 4.78 is 0. The quantitative estimate of drug-likeness (QED) is 0.506. The van der Waals surface area contributed by atoms with E-state index in [4.69, 9.17) is 0 Å². The predicted molar refractivity (Wildman–Crippen MR) is 89.0 cm³/mol. The van der Waals surface area contributed by atoms with Crippen LogP contribution in [0, 0.1) is 13.8 Å². The zero-order chi connectivity index (χ0) is 13.8. The molecule has 0 aliphatic heterocycles. The van der Waals surface area contributed by atoms with Crippen LogP contribution in [0.4, 0.5) is 0 Å². The number of hydrogen-bond donors (Lipinski definition) is 0. The summed E-state index contributed by atoms with van der Waals surface area (Å²) in [6, 6.07) is 17.6. The average Bonchev–Trinajstić information content (AvgIpc) is 2.39. The third-order valence-corrected chi connectivity index (χ3v) is 4.56. The lowest BCUT2D eigenvalue weighted by Crippen LogP contribution is -1.84. The van der Waals surface area contributed by atoms with Crippen molar-refractivity contribution in [3.63, 3.8) is 0 Å². The second kappa shape index (κ2) is 6.17. The molecule has 98 valence electrons. The zero-order valence-electron chi connectivity index (χ0n) is 12.1. The molecule has 0 amide bonds. The van der Waals surface area contributed by atoms with E-state index < -0.39 is 0 Å². The number of aryl methyl sites for hydroxylation is 2. The standard InChI is InChI=1S/C18H21P/c1-14-5-9-16(10-6-14)13-18(19(3)4)17-11-7-15(2)8-12-17/h5-13H,1-4H3. The molecule has 0 saturated carbocycles. The second-order valence-corrected chi connectivity index (χ2v) is 7.47. The van der Waals surface area contributed by atoms with Crippen LogP contribution in [0.1, 0.15) is 22.3 Å². The first kappa shape index (κ1) is 14.0. The molecule has 0 nitrogen and oxygen atoms in total. The highest BCUT2D eigenvalue weighted by molar-refractivity contribution is 7.67. The molecule has 1 heteroatoms. The van der Waals surface area contributed by atoms with Crippen LogP contribution >= 0.6 is 7.92 Å². The van der Waals surface area contributed by atoms with Crippen molar-refractivity contribution in [2.75, 3.05) is 13.3 Å². The van der Waals surface area contributed by atoms with Gasteiger partial charge in [0.25, 0.3) is 0 Å². The van der Waals surface area contributed by atoms with Crippen LogP contribution in [0.2, 0.25) is 0 Å². The first-order chi connectivity index (χ1) is 9.06. The van der Waals surface area contributed by atoms with Gasteiger partial charge in [0.05, 0.1) is 0 Å². The zero-order valence-corrected chi connectivity index (χ0v) is 13.0. The largest absolute Gasteiger partial charge is 0.0810 e. The van der Waals surface area contributed by atoms with Crippen molar-refractivity contribution >= 4 is 19.3 Å². The fraction of sp³-hybridized carbons (Fsp3) is 0.222. The van der Waals surface area contributed by atoms with E-state index in [1.54, 1.807) is 0 Å². The van der Waals surface area contributed by atoms with E-state index in [9.17, 15) is 0 Å². The fourth-order valence-corrected chi connectivity index (χ4v) is 3.09. The smallest absolute Gasteiger partial charge is 0.0168 e. The van der Waals surface area contributed by atoms with E-state index in [-0.39, 0.29) is 7.92 Å². The van der Waals surface area contributed by atoms with Crippen LogP contribution in [0.5, 0.6) is 0 Å². The van der Waals surface area contributed by atoms with E-state index in [1.807, 2.05) is 0 Å². The minimum absolute atomic E-state index is 0.120. The third kappa shape index (κ3) is 3.78. The lowest BCUT2D eigenvalue weighted by Gasteiger charge is -2.13. The van der Waals surface area contributed by atoms with Crippen LogP contribution in [0.15, 0.2) is 48.5 Å². The highest BCUT2D eigenvalue weighted by Gasteiger charge is 2.06. The molecular formula is C18H21P. The van der Waals surface area contributed by atoms with Crippen LogP contribution < -0.4 is 0 Å². The minimum atomic E-state index is -0.120. The Balaban J connectivity index is 2.40. The molecule has 0 unspecified atom stereocenters. The van der Waals surface area contributed by atoms with E-state index >= 15 is 0 Å². The molecule has 0 atom stereocenters. The Labute approximate surface area is 117 Å². The van der Waals surface area contributed by atoms with Crippen molar-refractivity contribution in [1.82, 2.24) is 0 Å². The molecule has 0 saturated heterocycles. The number of benzene rings is 2. The number of rotatable bonds is 3. The molecule has 2 aromatic carbocycles. The van der Waals surface area contributed by atoms with Gasteiger partial charge in [-0.05, 0) is 49.7 Å². The molecule has 0 N–H and O–H groups in total. The summed E-state index contributed by atoms with van der Waals surface area (Å²) in [5.74, 6) is 0. The van der Waals surface area contributed by atoms with Crippen LogP contribution in [-0.4, -0.2) is 13.3 Å². The van der Waals surface area contributed by atoms with E-state index in [1.165, 1.54) is 27.6 Å². The van der Waals surface area contributed by atoms with Crippen LogP contribution in [0.25, 0.3) is 11.4 Å². The third-order valence-electron chi connectivity index (χ3n) is 3.21. The van der Waals surface area contributed by atoms with Gasteiger partial charge in [-0.1, -0.05) is 67.6 Å². The normalized spacial score (nSPS) is 11.9. The molecule has 0 aromatic heterocycles. The highest BCUT2D eigenvalue weighted by Crippen LogP contribution is 2.44. The molecule has 0 spiro atoms. The van der Waals surface area contributed by atoms with Gasteiger partial charge in [0, 0.05) is 0 Å². The van der Waals surface area contributed by atoms with Gasteiger partial charge in [-0.25, -0.2) is 0 Å². The van der Waals surface area contributed by atoms with E-state index in [2.05, 4.69) is 81.8 Å². The average molecular weight is 268 g/mol. The van der Waals surface area contributed by atoms with Gasteiger partial charge < -0.3 is 0 Å². The lowest BCUT2D eigenvalue weighted by molar-refractivity contribution is 1.46. The molecule has 0 aliphatic rings. The summed E-state index contributed by atoms with van der Waals surface area (Å²) in [6.07, 6.45) is 2.33. The molecule has 2 rings (SSSR count). The lowest BCUT2D eigenvalue weighted by atomic mass is 10.1. The maximum Gasteiger partial charge on any atom is -0.0168 e. The summed E-state index contributed by atoms with van der Waals surface area (Å²) in [5, 5.41) is 1.46. The van der Waals surface area contributed by atoms with Gasteiger partial charge >= 0.3 is 0 Å². The van der Waals surface area contributed by atoms with Gasteiger partial charge in [0.15, 0.2) is 0 Å². The predicted octanol–water partition coefficient (Wildman–Crippen LogP) is 5.54. The maximum atomic E-state index is 2.33. The van der Waals surface area contributed by atoms with Crippen molar-refractivity contribution < 1.29 is 0 Å². The summed E-state index contributed by atoms with van der Waals surface area (Å²) >= 11 is 0. The van der Waals surface area contributed by atoms with Gasteiger partial charge in [0.2, 0.25) is 0 Å². The Hall–Kier alpha value is -1.39. The molecule has 0 bridgehead atoms. The highest BCUT2D eigenvalue weighted by atomic mass is 31.1. The van der Waals surface area contributed by atoms with Crippen LogP contribution in [0.3, 0.4) is 0 Å². The summed E-state index contributed by atoms with van der Waals surface area (Å²) in [6.45, 7) is 8.89.